The van der Waals surface area contributed by atoms with Gasteiger partial charge < -0.3 is 9.84 Å². The number of hydrogen-bond acceptors (Lipinski definition) is 4. The summed E-state index contributed by atoms with van der Waals surface area (Å²) in [7, 11) is 0. The molecule has 3 rings (SSSR count). The molecule has 0 heterocycles. The summed E-state index contributed by atoms with van der Waals surface area (Å²) in [5.41, 5.74) is 5.68. The van der Waals surface area contributed by atoms with Gasteiger partial charge in [0.05, 0.1) is 17.5 Å². The van der Waals surface area contributed by atoms with Crippen LogP contribution in [0.4, 0.5) is 5.69 Å². The lowest BCUT2D eigenvalue weighted by Gasteiger charge is -2.06. The van der Waals surface area contributed by atoms with Crippen molar-refractivity contribution >= 4 is 17.9 Å². The third-order valence-electron chi connectivity index (χ3n) is 3.62. The minimum Gasteiger partial charge on any atom is -0.478 e. The Morgan fingerprint density at radius 3 is 2.50 bits per heavy atom. The monoisotopic (exact) mass is 346 g/mol. The van der Waals surface area contributed by atoms with Gasteiger partial charge in [-0.1, -0.05) is 18.2 Å². The first kappa shape index (κ1) is 17.2. The molecular formula is C21H18N2O3. The van der Waals surface area contributed by atoms with E-state index in [4.69, 9.17) is 9.84 Å². The Kier molecular flexibility index (Phi) is 5.29. The highest BCUT2D eigenvalue weighted by molar-refractivity contribution is 5.88. The number of hydrogen-bond donors (Lipinski definition) is 2. The van der Waals surface area contributed by atoms with E-state index >= 15 is 0 Å². The van der Waals surface area contributed by atoms with E-state index in [1.807, 2.05) is 55.5 Å². The quantitative estimate of drug-likeness (QED) is 0.490. The predicted octanol–water partition coefficient (Wildman–Crippen LogP) is 4.93. The number of carboxylic acid groups (broad SMARTS) is 1. The first-order chi connectivity index (χ1) is 12.6. The lowest BCUT2D eigenvalue weighted by Crippen LogP contribution is -1.97. The number of rotatable bonds is 6. The molecule has 130 valence electrons. The van der Waals surface area contributed by atoms with Crippen LogP contribution in [0.2, 0.25) is 0 Å². The first-order valence-corrected chi connectivity index (χ1v) is 8.07. The van der Waals surface area contributed by atoms with E-state index < -0.39 is 5.97 Å². The number of aryl methyl sites for hydroxylation is 1. The van der Waals surface area contributed by atoms with Crippen LogP contribution >= 0.6 is 0 Å². The fourth-order valence-electron chi connectivity index (χ4n) is 2.34. The Hall–Kier alpha value is -3.60. The van der Waals surface area contributed by atoms with Crippen molar-refractivity contribution in [1.82, 2.24) is 0 Å². The maximum absolute atomic E-state index is 11.0. The highest BCUT2D eigenvalue weighted by Gasteiger charge is 2.02. The number of nitrogens with zero attached hydrogens (tertiary/aromatic N) is 1. The van der Waals surface area contributed by atoms with E-state index in [2.05, 4.69) is 10.5 Å². The van der Waals surface area contributed by atoms with E-state index in [-0.39, 0.29) is 5.56 Å². The molecule has 0 saturated carbocycles. The average Bonchev–Trinajstić information content (AvgIpc) is 2.63. The molecule has 0 aromatic heterocycles. The molecule has 0 aliphatic rings. The summed E-state index contributed by atoms with van der Waals surface area (Å²) >= 11 is 0. The van der Waals surface area contributed by atoms with Gasteiger partial charge in [0.15, 0.2) is 0 Å². The summed E-state index contributed by atoms with van der Waals surface area (Å²) in [5.74, 6) is 0.572. The highest BCUT2D eigenvalue weighted by Crippen LogP contribution is 2.22. The van der Waals surface area contributed by atoms with Crippen LogP contribution < -0.4 is 10.2 Å². The topological polar surface area (TPSA) is 70.9 Å². The molecule has 0 fully saturated rings. The van der Waals surface area contributed by atoms with Crippen molar-refractivity contribution in [3.63, 3.8) is 0 Å². The number of anilines is 1. The standard InChI is InChI=1S/C21H18N2O3/c1-15-4-2-7-20(12-15)26-19-10-8-16(9-11-19)14-22-23-18-6-3-5-17(13-18)21(24)25/h2-14,23H,1H3,(H,24,25). The minimum absolute atomic E-state index is 0.211. The van der Waals surface area contributed by atoms with Crippen LogP contribution in [0, 0.1) is 6.92 Å². The third kappa shape index (κ3) is 4.70. The second-order valence-corrected chi connectivity index (χ2v) is 5.74. The van der Waals surface area contributed by atoms with Crippen molar-refractivity contribution in [2.75, 3.05) is 5.43 Å². The van der Waals surface area contributed by atoms with Crippen LogP contribution in [0.25, 0.3) is 0 Å². The molecule has 26 heavy (non-hydrogen) atoms. The molecule has 0 atom stereocenters. The van der Waals surface area contributed by atoms with Gasteiger partial charge in [-0.15, -0.1) is 0 Å². The largest absolute Gasteiger partial charge is 0.478 e. The van der Waals surface area contributed by atoms with Crippen LogP contribution in [0.1, 0.15) is 21.5 Å². The van der Waals surface area contributed by atoms with Gasteiger partial charge in [0.2, 0.25) is 0 Å². The molecule has 0 aliphatic carbocycles. The molecule has 0 radical (unpaired) electrons. The van der Waals surface area contributed by atoms with Crippen LogP contribution in [0.5, 0.6) is 11.5 Å². The van der Waals surface area contributed by atoms with Crippen molar-refractivity contribution in [3.8, 4) is 11.5 Å². The van der Waals surface area contributed by atoms with E-state index in [0.717, 1.165) is 22.6 Å². The fraction of sp³-hybridized carbons (Fsp3) is 0.0476. The molecule has 0 bridgehead atoms. The number of benzene rings is 3. The van der Waals surface area contributed by atoms with Gasteiger partial charge in [-0.2, -0.15) is 5.10 Å². The normalized spacial score (nSPS) is 10.7. The van der Waals surface area contributed by atoms with Gasteiger partial charge in [0, 0.05) is 0 Å². The predicted molar refractivity (Wildman–Crippen MR) is 102 cm³/mol. The summed E-state index contributed by atoms with van der Waals surface area (Å²) < 4.78 is 5.81. The molecule has 0 spiro atoms. The van der Waals surface area contributed by atoms with Gasteiger partial charge in [-0.05, 0) is 72.6 Å². The van der Waals surface area contributed by atoms with Crippen molar-refractivity contribution in [3.05, 3.63) is 89.5 Å². The number of carboxylic acids is 1. The smallest absolute Gasteiger partial charge is 0.335 e. The number of carbonyl (C=O) groups is 1. The molecule has 3 aromatic carbocycles. The molecule has 0 aliphatic heterocycles. The molecule has 5 heteroatoms. The molecule has 3 aromatic rings. The van der Waals surface area contributed by atoms with Crippen LogP contribution in [-0.4, -0.2) is 17.3 Å². The maximum atomic E-state index is 11.0. The Labute approximate surface area is 151 Å². The summed E-state index contributed by atoms with van der Waals surface area (Å²) in [4.78, 5) is 11.0. The Morgan fingerprint density at radius 1 is 1.00 bits per heavy atom. The van der Waals surface area contributed by atoms with E-state index in [9.17, 15) is 4.79 Å². The van der Waals surface area contributed by atoms with Crippen molar-refractivity contribution < 1.29 is 14.6 Å². The highest BCUT2D eigenvalue weighted by atomic mass is 16.5. The van der Waals surface area contributed by atoms with Crippen molar-refractivity contribution in [2.24, 2.45) is 5.10 Å². The van der Waals surface area contributed by atoms with Crippen molar-refractivity contribution in [1.29, 1.82) is 0 Å². The van der Waals surface area contributed by atoms with Crippen molar-refractivity contribution in [2.45, 2.75) is 6.92 Å². The van der Waals surface area contributed by atoms with Crippen LogP contribution in [0.15, 0.2) is 77.9 Å². The van der Waals surface area contributed by atoms with Gasteiger partial charge in [-0.25, -0.2) is 4.79 Å². The third-order valence-corrected chi connectivity index (χ3v) is 3.62. The van der Waals surface area contributed by atoms with Crippen LogP contribution in [-0.2, 0) is 0 Å². The minimum atomic E-state index is -0.971. The van der Waals surface area contributed by atoms with Crippen LogP contribution in [0.3, 0.4) is 0 Å². The Balaban J connectivity index is 1.61. The molecular weight excluding hydrogens is 328 g/mol. The zero-order valence-electron chi connectivity index (χ0n) is 14.2. The van der Waals surface area contributed by atoms with E-state index in [1.165, 1.54) is 12.1 Å². The lowest BCUT2D eigenvalue weighted by molar-refractivity contribution is 0.0697. The average molecular weight is 346 g/mol. The lowest BCUT2D eigenvalue weighted by atomic mass is 10.2. The summed E-state index contributed by atoms with van der Waals surface area (Å²) in [6, 6.07) is 21.9. The number of hydrazone groups is 1. The maximum Gasteiger partial charge on any atom is 0.335 e. The van der Waals surface area contributed by atoms with Gasteiger partial charge in [-0.3, -0.25) is 5.43 Å². The number of nitrogens with one attached hydrogen (secondary N) is 1. The molecule has 5 nitrogen and oxygen atoms in total. The summed E-state index contributed by atoms with van der Waals surface area (Å²) in [6.07, 6.45) is 1.66. The number of aromatic carboxylic acids is 1. The first-order valence-electron chi connectivity index (χ1n) is 8.07. The van der Waals surface area contributed by atoms with Gasteiger partial charge in [0.25, 0.3) is 0 Å². The second kappa shape index (κ2) is 7.98. The summed E-state index contributed by atoms with van der Waals surface area (Å²) in [6.45, 7) is 2.02. The van der Waals surface area contributed by atoms with E-state index in [1.54, 1.807) is 18.3 Å². The zero-order chi connectivity index (χ0) is 18.4. The van der Waals surface area contributed by atoms with Gasteiger partial charge >= 0.3 is 5.97 Å². The second-order valence-electron chi connectivity index (χ2n) is 5.74. The molecule has 0 amide bonds. The van der Waals surface area contributed by atoms with Gasteiger partial charge in [0.1, 0.15) is 11.5 Å². The van der Waals surface area contributed by atoms with E-state index in [0.29, 0.717) is 5.69 Å². The number of ether oxygens (including phenoxy) is 1. The Morgan fingerprint density at radius 2 is 1.77 bits per heavy atom. The zero-order valence-corrected chi connectivity index (χ0v) is 14.2. The fourth-order valence-corrected chi connectivity index (χ4v) is 2.34. The molecule has 0 unspecified atom stereocenters. The molecule has 2 N–H and O–H groups in total. The summed E-state index contributed by atoms with van der Waals surface area (Å²) in [5, 5.41) is 13.1. The SMILES string of the molecule is Cc1cccc(Oc2ccc(C=NNc3cccc(C(=O)O)c3)cc2)c1. The Bertz CT molecular complexity index is 934. The molecule has 0 saturated heterocycles.